The van der Waals surface area contributed by atoms with Gasteiger partial charge in [0.1, 0.15) is 6.04 Å². The van der Waals surface area contributed by atoms with Crippen molar-refractivity contribution in [3.05, 3.63) is 0 Å². The minimum atomic E-state index is -3.44. The quantitative estimate of drug-likeness (QED) is 0.827. The largest absolute Gasteiger partial charge is 0.480 e. The van der Waals surface area contributed by atoms with Crippen molar-refractivity contribution in [3.8, 4) is 0 Å². The fraction of sp³-hybridized carbons (Fsp3) is 0.917. The van der Waals surface area contributed by atoms with Crippen LogP contribution in [0.1, 0.15) is 40.0 Å². The molecule has 1 aliphatic rings. The molecule has 0 amide bonds. The van der Waals surface area contributed by atoms with E-state index >= 15 is 0 Å². The number of carboxylic acid groups (broad SMARTS) is 1. The fourth-order valence-electron chi connectivity index (χ4n) is 2.18. The zero-order valence-electron chi connectivity index (χ0n) is 11.3. The van der Waals surface area contributed by atoms with Crippen molar-refractivity contribution in [2.75, 3.05) is 12.3 Å². The minimum Gasteiger partial charge on any atom is -0.480 e. The van der Waals surface area contributed by atoms with Crippen LogP contribution in [0.4, 0.5) is 0 Å². The van der Waals surface area contributed by atoms with E-state index in [1.165, 1.54) is 4.31 Å². The van der Waals surface area contributed by atoms with Gasteiger partial charge in [0, 0.05) is 6.54 Å². The van der Waals surface area contributed by atoms with Crippen LogP contribution in [0.25, 0.3) is 0 Å². The SMILES string of the molecule is CC(C)CCS(=O)(=O)N1CCC(C)CC1C(=O)O. The van der Waals surface area contributed by atoms with Crippen molar-refractivity contribution in [2.45, 2.75) is 46.1 Å². The highest BCUT2D eigenvalue weighted by Gasteiger charge is 2.38. The molecule has 0 bridgehead atoms. The predicted molar refractivity (Wildman–Crippen MR) is 69.8 cm³/mol. The van der Waals surface area contributed by atoms with Crippen molar-refractivity contribution in [1.82, 2.24) is 4.31 Å². The molecule has 0 aliphatic carbocycles. The zero-order valence-corrected chi connectivity index (χ0v) is 12.1. The third-order valence-electron chi connectivity index (χ3n) is 3.41. The summed E-state index contributed by atoms with van der Waals surface area (Å²) in [4.78, 5) is 11.2. The van der Waals surface area contributed by atoms with Crippen LogP contribution < -0.4 is 0 Å². The molecule has 1 rings (SSSR count). The van der Waals surface area contributed by atoms with Crippen LogP contribution in [0.2, 0.25) is 0 Å². The Hall–Kier alpha value is -0.620. The second-order valence-corrected chi connectivity index (χ2v) is 7.63. The Morgan fingerprint density at radius 3 is 2.56 bits per heavy atom. The molecule has 0 saturated carbocycles. The maximum atomic E-state index is 12.2. The van der Waals surface area contributed by atoms with Gasteiger partial charge in [-0.1, -0.05) is 20.8 Å². The van der Waals surface area contributed by atoms with E-state index in [0.29, 0.717) is 25.3 Å². The predicted octanol–water partition coefficient (Wildman–Crippen LogP) is 1.55. The van der Waals surface area contributed by atoms with Gasteiger partial charge in [-0.15, -0.1) is 0 Å². The van der Waals surface area contributed by atoms with Gasteiger partial charge in [0.2, 0.25) is 10.0 Å². The Morgan fingerprint density at radius 2 is 2.06 bits per heavy atom. The van der Waals surface area contributed by atoms with E-state index in [2.05, 4.69) is 0 Å². The average Bonchev–Trinajstić information content (AvgIpc) is 2.26. The Kier molecular flexibility index (Phi) is 5.16. The Morgan fingerprint density at radius 1 is 1.44 bits per heavy atom. The highest BCUT2D eigenvalue weighted by molar-refractivity contribution is 7.89. The molecule has 1 heterocycles. The third kappa shape index (κ3) is 3.95. The molecule has 1 N–H and O–H groups in total. The van der Waals surface area contributed by atoms with Crippen LogP contribution in [0, 0.1) is 11.8 Å². The van der Waals surface area contributed by atoms with Crippen LogP contribution in [0.5, 0.6) is 0 Å². The van der Waals surface area contributed by atoms with Gasteiger partial charge in [-0.05, 0) is 31.1 Å². The zero-order chi connectivity index (χ0) is 13.9. The van der Waals surface area contributed by atoms with Gasteiger partial charge in [-0.2, -0.15) is 4.31 Å². The molecule has 106 valence electrons. The molecule has 0 aromatic carbocycles. The third-order valence-corrected chi connectivity index (χ3v) is 5.31. The van der Waals surface area contributed by atoms with Crippen LogP contribution >= 0.6 is 0 Å². The van der Waals surface area contributed by atoms with E-state index in [4.69, 9.17) is 5.11 Å². The van der Waals surface area contributed by atoms with Gasteiger partial charge in [0.15, 0.2) is 0 Å². The number of rotatable bonds is 5. The van der Waals surface area contributed by atoms with Gasteiger partial charge in [0.25, 0.3) is 0 Å². The molecule has 2 unspecified atom stereocenters. The Bertz CT molecular complexity index is 391. The average molecular weight is 277 g/mol. The molecule has 0 aromatic rings. The van der Waals surface area contributed by atoms with Crippen molar-refractivity contribution in [2.24, 2.45) is 11.8 Å². The summed E-state index contributed by atoms with van der Waals surface area (Å²) in [6.07, 6.45) is 1.72. The van der Waals surface area contributed by atoms with Gasteiger partial charge in [-0.25, -0.2) is 8.42 Å². The molecule has 0 radical (unpaired) electrons. The summed E-state index contributed by atoms with van der Waals surface area (Å²) in [5.74, 6) is -0.424. The molecule has 18 heavy (non-hydrogen) atoms. The van der Waals surface area contributed by atoms with Gasteiger partial charge < -0.3 is 5.11 Å². The lowest BCUT2D eigenvalue weighted by Gasteiger charge is -2.35. The summed E-state index contributed by atoms with van der Waals surface area (Å²) in [5, 5.41) is 9.16. The Balaban J connectivity index is 2.81. The van der Waals surface area contributed by atoms with Crippen molar-refractivity contribution >= 4 is 16.0 Å². The maximum Gasteiger partial charge on any atom is 0.322 e. The van der Waals surface area contributed by atoms with E-state index in [1.807, 2.05) is 20.8 Å². The summed E-state index contributed by atoms with van der Waals surface area (Å²) < 4.78 is 25.5. The summed E-state index contributed by atoms with van der Waals surface area (Å²) in [7, 11) is -3.44. The number of hydrogen-bond acceptors (Lipinski definition) is 3. The first kappa shape index (κ1) is 15.4. The number of hydrogen-bond donors (Lipinski definition) is 1. The maximum absolute atomic E-state index is 12.2. The molecular weight excluding hydrogens is 254 g/mol. The van der Waals surface area contributed by atoms with Crippen LogP contribution in [0.3, 0.4) is 0 Å². The number of carboxylic acids is 1. The van der Waals surface area contributed by atoms with Crippen LogP contribution in [0.15, 0.2) is 0 Å². The molecule has 1 saturated heterocycles. The van der Waals surface area contributed by atoms with E-state index in [1.54, 1.807) is 0 Å². The molecular formula is C12H23NO4S. The van der Waals surface area contributed by atoms with Crippen molar-refractivity contribution in [1.29, 1.82) is 0 Å². The first-order valence-corrected chi connectivity index (χ1v) is 8.07. The monoisotopic (exact) mass is 277 g/mol. The van der Waals surface area contributed by atoms with Crippen molar-refractivity contribution in [3.63, 3.8) is 0 Å². The number of piperidine rings is 1. The fourth-order valence-corrected chi connectivity index (χ4v) is 4.13. The summed E-state index contributed by atoms with van der Waals surface area (Å²) in [6.45, 7) is 6.22. The number of nitrogens with zero attached hydrogens (tertiary/aromatic N) is 1. The number of aliphatic carboxylic acids is 1. The smallest absolute Gasteiger partial charge is 0.322 e. The van der Waals surface area contributed by atoms with Gasteiger partial charge in [0.05, 0.1) is 5.75 Å². The lowest BCUT2D eigenvalue weighted by molar-refractivity contribution is -0.142. The molecule has 0 spiro atoms. The van der Waals surface area contributed by atoms with E-state index in [-0.39, 0.29) is 11.7 Å². The van der Waals surface area contributed by atoms with E-state index in [0.717, 1.165) is 6.42 Å². The van der Waals surface area contributed by atoms with Gasteiger partial charge >= 0.3 is 5.97 Å². The molecule has 1 fully saturated rings. The second kappa shape index (κ2) is 6.02. The van der Waals surface area contributed by atoms with E-state index in [9.17, 15) is 13.2 Å². The molecule has 6 heteroatoms. The second-order valence-electron chi connectivity index (χ2n) is 5.59. The first-order valence-electron chi connectivity index (χ1n) is 6.46. The van der Waals surface area contributed by atoms with E-state index < -0.39 is 22.0 Å². The standard InChI is InChI=1S/C12H23NO4S/c1-9(2)5-7-18(16,17)13-6-4-10(3)8-11(13)12(14)15/h9-11H,4-8H2,1-3H3,(H,14,15). The Labute approximate surface area is 109 Å². The van der Waals surface area contributed by atoms with Crippen LogP contribution in [-0.4, -0.2) is 42.1 Å². The minimum absolute atomic E-state index is 0.0445. The lowest BCUT2D eigenvalue weighted by atomic mass is 9.94. The molecule has 0 aromatic heterocycles. The summed E-state index contributed by atoms with van der Waals surface area (Å²) in [6, 6.07) is -0.883. The summed E-state index contributed by atoms with van der Waals surface area (Å²) >= 11 is 0. The van der Waals surface area contributed by atoms with Crippen LogP contribution in [-0.2, 0) is 14.8 Å². The highest BCUT2D eigenvalue weighted by atomic mass is 32.2. The lowest BCUT2D eigenvalue weighted by Crippen LogP contribution is -2.50. The summed E-state index contributed by atoms with van der Waals surface area (Å²) in [5.41, 5.74) is 0. The normalized spacial score (nSPS) is 26.4. The molecule has 2 atom stereocenters. The van der Waals surface area contributed by atoms with Crippen molar-refractivity contribution < 1.29 is 18.3 Å². The van der Waals surface area contributed by atoms with Gasteiger partial charge in [-0.3, -0.25) is 4.79 Å². The topological polar surface area (TPSA) is 74.7 Å². The number of sulfonamides is 1. The molecule has 5 nitrogen and oxygen atoms in total. The first-order chi connectivity index (χ1) is 8.24. The molecule has 1 aliphatic heterocycles. The number of carbonyl (C=O) groups is 1. The highest BCUT2D eigenvalue weighted by Crippen LogP contribution is 2.26.